The highest BCUT2D eigenvalue weighted by Gasteiger charge is 2.20. The lowest BCUT2D eigenvalue weighted by molar-refractivity contribution is -0.149. The predicted octanol–water partition coefficient (Wildman–Crippen LogP) is 3.43. The summed E-state index contributed by atoms with van der Waals surface area (Å²) < 4.78 is 5.15. The van der Waals surface area contributed by atoms with Gasteiger partial charge in [-0.2, -0.15) is 5.26 Å². The standard InChI is InChI=1S/C20H20N2O3/c1-2-18(16-6-4-3-5-7-16)20(24)25-14-19(23)22-17-10-8-15(9-11-17)12-13-21/h3-11,18H,2,12,14H2,1H3,(H,22,23)/t18-/m1/s1. The van der Waals surface area contributed by atoms with Gasteiger partial charge in [-0.15, -0.1) is 0 Å². The smallest absolute Gasteiger partial charge is 0.313 e. The lowest BCUT2D eigenvalue weighted by atomic mass is 9.97. The number of hydrogen-bond donors (Lipinski definition) is 1. The SMILES string of the molecule is CC[C@@H](C(=O)OCC(=O)Nc1ccc(CC#N)cc1)c1ccccc1. The zero-order chi connectivity index (χ0) is 18.1. The Balaban J connectivity index is 1.86. The average molecular weight is 336 g/mol. The topological polar surface area (TPSA) is 79.2 Å². The molecular formula is C20H20N2O3. The highest BCUT2D eigenvalue weighted by atomic mass is 16.5. The van der Waals surface area contributed by atoms with E-state index < -0.39 is 11.9 Å². The van der Waals surface area contributed by atoms with E-state index in [9.17, 15) is 9.59 Å². The number of rotatable bonds is 7. The molecule has 0 aliphatic carbocycles. The fourth-order valence-electron chi connectivity index (χ4n) is 2.46. The van der Waals surface area contributed by atoms with E-state index in [-0.39, 0.29) is 12.5 Å². The van der Waals surface area contributed by atoms with Crippen molar-refractivity contribution < 1.29 is 14.3 Å². The van der Waals surface area contributed by atoms with Crippen molar-refractivity contribution in [3.63, 3.8) is 0 Å². The van der Waals surface area contributed by atoms with E-state index in [1.807, 2.05) is 37.3 Å². The van der Waals surface area contributed by atoms with Gasteiger partial charge < -0.3 is 10.1 Å². The van der Waals surface area contributed by atoms with Crippen LogP contribution in [0.15, 0.2) is 54.6 Å². The van der Waals surface area contributed by atoms with E-state index in [0.717, 1.165) is 11.1 Å². The fraction of sp³-hybridized carbons (Fsp3) is 0.250. The number of hydrogen-bond acceptors (Lipinski definition) is 4. The zero-order valence-corrected chi connectivity index (χ0v) is 14.1. The third-order valence-corrected chi connectivity index (χ3v) is 3.76. The molecule has 0 spiro atoms. The van der Waals surface area contributed by atoms with Gasteiger partial charge in [0.1, 0.15) is 0 Å². The van der Waals surface area contributed by atoms with Crippen molar-refractivity contribution in [2.75, 3.05) is 11.9 Å². The molecule has 128 valence electrons. The number of esters is 1. The van der Waals surface area contributed by atoms with Crippen LogP contribution in [0.5, 0.6) is 0 Å². The van der Waals surface area contributed by atoms with Gasteiger partial charge in [-0.05, 0) is 29.7 Å². The maximum atomic E-state index is 12.2. The Morgan fingerprint density at radius 2 is 1.80 bits per heavy atom. The molecule has 25 heavy (non-hydrogen) atoms. The normalized spacial score (nSPS) is 11.2. The lowest BCUT2D eigenvalue weighted by Gasteiger charge is -2.14. The fourth-order valence-corrected chi connectivity index (χ4v) is 2.46. The number of carbonyl (C=O) groups is 2. The summed E-state index contributed by atoms with van der Waals surface area (Å²) in [6.07, 6.45) is 0.925. The summed E-state index contributed by atoms with van der Waals surface area (Å²) in [6, 6.07) is 18.4. The van der Waals surface area contributed by atoms with E-state index in [4.69, 9.17) is 10.00 Å². The molecule has 0 heterocycles. The van der Waals surface area contributed by atoms with E-state index in [1.165, 1.54) is 0 Å². The van der Waals surface area contributed by atoms with Gasteiger partial charge in [-0.3, -0.25) is 9.59 Å². The Bertz CT molecular complexity index is 749. The summed E-state index contributed by atoms with van der Waals surface area (Å²) >= 11 is 0. The monoisotopic (exact) mass is 336 g/mol. The number of nitrogens with zero attached hydrogens (tertiary/aromatic N) is 1. The van der Waals surface area contributed by atoms with Crippen LogP contribution in [0.25, 0.3) is 0 Å². The molecule has 0 aromatic heterocycles. The lowest BCUT2D eigenvalue weighted by Crippen LogP contribution is -2.23. The quantitative estimate of drug-likeness (QED) is 0.786. The molecule has 1 amide bonds. The largest absolute Gasteiger partial charge is 0.455 e. The van der Waals surface area contributed by atoms with Crippen molar-refractivity contribution in [1.29, 1.82) is 5.26 Å². The molecule has 0 fully saturated rings. The van der Waals surface area contributed by atoms with E-state index in [1.54, 1.807) is 24.3 Å². The second-order valence-electron chi connectivity index (χ2n) is 5.56. The minimum atomic E-state index is -0.409. The van der Waals surface area contributed by atoms with E-state index >= 15 is 0 Å². The summed E-state index contributed by atoms with van der Waals surface area (Å²) in [5.74, 6) is -1.18. The second kappa shape index (κ2) is 9.24. The number of amides is 1. The van der Waals surface area contributed by atoms with Crippen LogP contribution in [-0.2, 0) is 20.7 Å². The first-order valence-electron chi connectivity index (χ1n) is 8.11. The third-order valence-electron chi connectivity index (χ3n) is 3.76. The van der Waals surface area contributed by atoms with Crippen LogP contribution in [0.3, 0.4) is 0 Å². The first kappa shape index (κ1) is 18.2. The van der Waals surface area contributed by atoms with Crippen molar-refractivity contribution in [3.8, 4) is 6.07 Å². The molecule has 0 aliphatic heterocycles. The van der Waals surface area contributed by atoms with Crippen LogP contribution in [0, 0.1) is 11.3 Å². The molecular weight excluding hydrogens is 316 g/mol. The van der Waals surface area contributed by atoms with Crippen LogP contribution in [0.4, 0.5) is 5.69 Å². The van der Waals surface area contributed by atoms with E-state index in [0.29, 0.717) is 18.5 Å². The number of anilines is 1. The molecule has 0 radical (unpaired) electrons. The second-order valence-corrected chi connectivity index (χ2v) is 5.56. The molecule has 0 saturated carbocycles. The Morgan fingerprint density at radius 3 is 2.40 bits per heavy atom. The van der Waals surface area contributed by atoms with Gasteiger partial charge in [0.25, 0.3) is 5.91 Å². The van der Waals surface area contributed by atoms with Crippen molar-refractivity contribution in [2.24, 2.45) is 0 Å². The van der Waals surface area contributed by atoms with Gasteiger partial charge in [0.05, 0.1) is 18.4 Å². The number of benzene rings is 2. The summed E-state index contributed by atoms with van der Waals surface area (Å²) in [4.78, 5) is 24.1. The highest BCUT2D eigenvalue weighted by Crippen LogP contribution is 2.20. The van der Waals surface area contributed by atoms with Crippen LogP contribution in [0.1, 0.15) is 30.4 Å². The summed E-state index contributed by atoms with van der Waals surface area (Å²) in [5.41, 5.74) is 2.35. The molecule has 0 saturated heterocycles. The van der Waals surface area contributed by atoms with Gasteiger partial charge in [0, 0.05) is 5.69 Å². The Labute approximate surface area is 147 Å². The maximum absolute atomic E-state index is 12.2. The first-order chi connectivity index (χ1) is 12.1. The molecule has 0 bridgehead atoms. The summed E-state index contributed by atoms with van der Waals surface area (Å²) in [7, 11) is 0. The van der Waals surface area contributed by atoms with Gasteiger partial charge in [0.2, 0.25) is 0 Å². The van der Waals surface area contributed by atoms with Crippen molar-refractivity contribution in [3.05, 3.63) is 65.7 Å². The number of nitrogens with one attached hydrogen (secondary N) is 1. The molecule has 2 rings (SSSR count). The van der Waals surface area contributed by atoms with Gasteiger partial charge in [-0.25, -0.2) is 0 Å². The zero-order valence-electron chi connectivity index (χ0n) is 14.1. The van der Waals surface area contributed by atoms with Gasteiger partial charge in [-0.1, -0.05) is 49.4 Å². The predicted molar refractivity (Wildman–Crippen MR) is 94.8 cm³/mol. The van der Waals surface area contributed by atoms with E-state index in [2.05, 4.69) is 11.4 Å². The molecule has 5 nitrogen and oxygen atoms in total. The average Bonchev–Trinajstić information content (AvgIpc) is 2.63. The molecule has 5 heteroatoms. The minimum absolute atomic E-state index is 0.323. The maximum Gasteiger partial charge on any atom is 0.313 e. The van der Waals surface area contributed by atoms with Crippen LogP contribution in [0.2, 0.25) is 0 Å². The number of ether oxygens (including phenoxy) is 1. The Morgan fingerprint density at radius 1 is 1.12 bits per heavy atom. The first-order valence-corrected chi connectivity index (χ1v) is 8.11. The summed E-state index contributed by atoms with van der Waals surface area (Å²) in [6.45, 7) is 1.57. The molecule has 2 aromatic carbocycles. The van der Waals surface area contributed by atoms with Crippen molar-refractivity contribution >= 4 is 17.6 Å². The molecule has 0 aliphatic rings. The van der Waals surface area contributed by atoms with Crippen molar-refractivity contribution in [2.45, 2.75) is 25.7 Å². The van der Waals surface area contributed by atoms with Crippen molar-refractivity contribution in [1.82, 2.24) is 0 Å². The van der Waals surface area contributed by atoms with Crippen LogP contribution >= 0.6 is 0 Å². The number of carbonyl (C=O) groups excluding carboxylic acids is 2. The van der Waals surface area contributed by atoms with Gasteiger partial charge >= 0.3 is 5.97 Å². The highest BCUT2D eigenvalue weighted by molar-refractivity contribution is 5.93. The molecule has 1 atom stereocenters. The minimum Gasteiger partial charge on any atom is -0.455 e. The third kappa shape index (κ3) is 5.47. The number of nitriles is 1. The molecule has 2 aromatic rings. The molecule has 0 unspecified atom stereocenters. The Kier molecular flexibility index (Phi) is 6.73. The van der Waals surface area contributed by atoms with Crippen LogP contribution < -0.4 is 5.32 Å². The van der Waals surface area contributed by atoms with Gasteiger partial charge in [0.15, 0.2) is 6.61 Å². The summed E-state index contributed by atoms with van der Waals surface area (Å²) in [5, 5.41) is 11.3. The molecule has 1 N–H and O–H groups in total. The van der Waals surface area contributed by atoms with Crippen LogP contribution in [-0.4, -0.2) is 18.5 Å². The Hall–Kier alpha value is -3.13.